The fourth-order valence-electron chi connectivity index (χ4n) is 4.15. The van der Waals surface area contributed by atoms with Crippen molar-refractivity contribution < 1.29 is 18.7 Å². The highest BCUT2D eigenvalue weighted by Gasteiger charge is 2.30. The van der Waals surface area contributed by atoms with E-state index in [0.29, 0.717) is 36.9 Å². The van der Waals surface area contributed by atoms with Crippen molar-refractivity contribution in [1.29, 1.82) is 0 Å². The molecule has 1 aromatic carbocycles. The predicted octanol–water partition coefficient (Wildman–Crippen LogP) is 3.13. The van der Waals surface area contributed by atoms with Gasteiger partial charge in [0.15, 0.2) is 11.6 Å². The second-order valence-electron chi connectivity index (χ2n) is 8.04. The van der Waals surface area contributed by atoms with Crippen LogP contribution in [0.15, 0.2) is 28.7 Å². The maximum Gasteiger partial charge on any atom is 0.276 e. The highest BCUT2D eigenvalue weighted by molar-refractivity contribution is 7.99. The lowest BCUT2D eigenvalue weighted by molar-refractivity contribution is -0.131. The van der Waals surface area contributed by atoms with Gasteiger partial charge in [0.05, 0.1) is 13.5 Å². The van der Waals surface area contributed by atoms with E-state index in [-0.39, 0.29) is 17.7 Å². The zero-order valence-corrected chi connectivity index (χ0v) is 19.0. The van der Waals surface area contributed by atoms with Gasteiger partial charge in [-0.3, -0.25) is 9.59 Å². The molecule has 2 aliphatic heterocycles. The molecule has 0 N–H and O–H groups in total. The van der Waals surface area contributed by atoms with Crippen molar-refractivity contribution >= 4 is 23.6 Å². The minimum Gasteiger partial charge on any atom is -0.497 e. The summed E-state index contributed by atoms with van der Waals surface area (Å²) in [6.07, 6.45) is 1.95. The second-order valence-corrected chi connectivity index (χ2v) is 9.27. The van der Waals surface area contributed by atoms with Crippen LogP contribution in [0.25, 0.3) is 0 Å². The molecular formula is C23H29N3O4S. The lowest BCUT2D eigenvalue weighted by Gasteiger charge is -2.30. The smallest absolute Gasteiger partial charge is 0.276 e. The fourth-order valence-corrected chi connectivity index (χ4v) is 5.05. The number of aromatic nitrogens is 1. The number of piperidine rings is 1. The first-order valence-corrected chi connectivity index (χ1v) is 12.0. The van der Waals surface area contributed by atoms with E-state index in [9.17, 15) is 9.59 Å². The summed E-state index contributed by atoms with van der Waals surface area (Å²) in [5.74, 6) is 4.15. The summed E-state index contributed by atoms with van der Waals surface area (Å²) < 4.78 is 11.1. The van der Waals surface area contributed by atoms with Gasteiger partial charge in [-0.15, -0.1) is 0 Å². The van der Waals surface area contributed by atoms with Gasteiger partial charge in [0.1, 0.15) is 11.5 Å². The van der Waals surface area contributed by atoms with E-state index in [2.05, 4.69) is 4.98 Å². The van der Waals surface area contributed by atoms with Crippen molar-refractivity contribution in [2.45, 2.75) is 32.1 Å². The van der Waals surface area contributed by atoms with Crippen LogP contribution < -0.4 is 4.74 Å². The molecule has 7 nitrogen and oxygen atoms in total. The zero-order valence-electron chi connectivity index (χ0n) is 18.1. The number of likely N-dealkylation sites (tertiary alicyclic amines) is 1. The summed E-state index contributed by atoms with van der Waals surface area (Å²) in [5.41, 5.74) is 1.40. The van der Waals surface area contributed by atoms with Crippen molar-refractivity contribution in [1.82, 2.24) is 14.8 Å². The number of methoxy groups -OCH3 is 1. The molecule has 0 spiro atoms. The number of carbonyl (C=O) groups is 2. The summed E-state index contributed by atoms with van der Waals surface area (Å²) in [7, 11) is 1.63. The molecule has 2 amide bonds. The quantitative estimate of drug-likeness (QED) is 0.707. The average molecular weight is 444 g/mol. The number of hydrogen-bond donors (Lipinski definition) is 0. The van der Waals surface area contributed by atoms with Gasteiger partial charge in [0.2, 0.25) is 5.91 Å². The molecule has 4 rings (SSSR count). The van der Waals surface area contributed by atoms with Crippen molar-refractivity contribution in [2.24, 2.45) is 0 Å². The van der Waals surface area contributed by atoms with Gasteiger partial charge in [-0.25, -0.2) is 4.98 Å². The molecule has 0 saturated carbocycles. The van der Waals surface area contributed by atoms with E-state index in [4.69, 9.17) is 9.15 Å². The fraction of sp³-hybridized carbons (Fsp3) is 0.522. The van der Waals surface area contributed by atoms with Crippen LogP contribution in [0.1, 0.15) is 46.5 Å². The standard InChI is InChI=1S/C23H29N3O4S/c1-16-21(23(28)26-10-12-31-13-11-26)24-22(30-16)18-6-8-25(9-7-18)20(27)15-17-4-3-5-19(14-17)29-2/h3-5,14,18H,6-13,15H2,1-2H3. The summed E-state index contributed by atoms with van der Waals surface area (Å²) in [4.78, 5) is 33.9. The number of amides is 2. The molecule has 166 valence electrons. The van der Waals surface area contributed by atoms with Gasteiger partial charge in [-0.1, -0.05) is 12.1 Å². The van der Waals surface area contributed by atoms with E-state index in [0.717, 1.165) is 48.7 Å². The van der Waals surface area contributed by atoms with Crippen LogP contribution in [0.4, 0.5) is 0 Å². The number of rotatable bonds is 5. The van der Waals surface area contributed by atoms with Crippen LogP contribution in [-0.2, 0) is 11.2 Å². The molecule has 2 fully saturated rings. The Bertz CT molecular complexity index is 931. The molecule has 2 saturated heterocycles. The van der Waals surface area contributed by atoms with Gasteiger partial charge in [-0.05, 0) is 37.5 Å². The summed E-state index contributed by atoms with van der Waals surface area (Å²) in [6, 6.07) is 7.63. The van der Waals surface area contributed by atoms with E-state index in [1.54, 1.807) is 7.11 Å². The third-order valence-corrected chi connectivity index (χ3v) is 6.94. The molecule has 2 aliphatic rings. The minimum absolute atomic E-state index is 0.0290. The van der Waals surface area contributed by atoms with Crippen LogP contribution in [0.3, 0.4) is 0 Å². The molecule has 0 atom stereocenters. The van der Waals surface area contributed by atoms with Gasteiger partial charge < -0.3 is 19.0 Å². The SMILES string of the molecule is COc1cccc(CC(=O)N2CCC(c3nc(C(=O)N4CCSCC4)c(C)o3)CC2)c1. The number of oxazole rings is 1. The number of carbonyl (C=O) groups excluding carboxylic acids is 2. The number of aryl methyl sites for hydroxylation is 1. The first-order chi connectivity index (χ1) is 15.0. The lowest BCUT2D eigenvalue weighted by atomic mass is 9.96. The highest BCUT2D eigenvalue weighted by Crippen LogP contribution is 2.30. The third-order valence-electron chi connectivity index (χ3n) is 6.00. The molecule has 2 aromatic rings. The minimum atomic E-state index is -0.0290. The van der Waals surface area contributed by atoms with Crippen LogP contribution in [-0.4, -0.2) is 71.4 Å². The largest absolute Gasteiger partial charge is 0.497 e. The Kier molecular flexibility index (Phi) is 6.85. The first-order valence-electron chi connectivity index (χ1n) is 10.8. The monoisotopic (exact) mass is 443 g/mol. The molecule has 0 bridgehead atoms. The summed E-state index contributed by atoms with van der Waals surface area (Å²) in [6.45, 7) is 4.68. The molecular weight excluding hydrogens is 414 g/mol. The van der Waals surface area contributed by atoms with Crippen molar-refractivity contribution in [2.75, 3.05) is 44.8 Å². The number of benzene rings is 1. The third kappa shape index (κ3) is 5.06. The molecule has 0 radical (unpaired) electrons. The molecule has 31 heavy (non-hydrogen) atoms. The van der Waals surface area contributed by atoms with Crippen molar-refractivity contribution in [3.63, 3.8) is 0 Å². The van der Waals surface area contributed by atoms with Crippen LogP contribution in [0.5, 0.6) is 5.75 Å². The summed E-state index contributed by atoms with van der Waals surface area (Å²) >= 11 is 1.87. The molecule has 0 aliphatic carbocycles. The second kappa shape index (κ2) is 9.77. The van der Waals surface area contributed by atoms with Crippen molar-refractivity contribution in [3.8, 4) is 5.75 Å². The zero-order chi connectivity index (χ0) is 21.8. The average Bonchev–Trinajstić information content (AvgIpc) is 3.21. The van der Waals surface area contributed by atoms with Crippen molar-refractivity contribution in [3.05, 3.63) is 47.2 Å². The Balaban J connectivity index is 1.34. The van der Waals surface area contributed by atoms with E-state index >= 15 is 0 Å². The number of ether oxygens (including phenoxy) is 1. The van der Waals surface area contributed by atoms with Gasteiger partial charge >= 0.3 is 0 Å². The van der Waals surface area contributed by atoms with E-state index in [1.165, 1.54) is 0 Å². The maximum absolute atomic E-state index is 12.8. The van der Waals surface area contributed by atoms with E-state index in [1.807, 2.05) is 52.8 Å². The van der Waals surface area contributed by atoms with Gasteiger partial charge in [0, 0.05) is 43.6 Å². The Labute approximate surface area is 187 Å². The van der Waals surface area contributed by atoms with Gasteiger partial charge in [-0.2, -0.15) is 11.8 Å². The molecule has 1 aromatic heterocycles. The van der Waals surface area contributed by atoms with Gasteiger partial charge in [0.25, 0.3) is 5.91 Å². The predicted molar refractivity (Wildman–Crippen MR) is 120 cm³/mol. The number of hydrogen-bond acceptors (Lipinski definition) is 6. The molecule has 8 heteroatoms. The molecule has 3 heterocycles. The first kappa shape index (κ1) is 21.7. The Morgan fingerprint density at radius 3 is 2.61 bits per heavy atom. The number of nitrogens with zero attached hydrogens (tertiary/aromatic N) is 3. The Morgan fingerprint density at radius 2 is 1.90 bits per heavy atom. The highest BCUT2D eigenvalue weighted by atomic mass is 32.2. The van der Waals surface area contributed by atoms with Crippen LogP contribution in [0, 0.1) is 6.92 Å². The summed E-state index contributed by atoms with van der Waals surface area (Å²) in [5, 5.41) is 0. The number of thioether (sulfide) groups is 1. The Morgan fingerprint density at radius 1 is 1.16 bits per heavy atom. The molecule has 0 unspecified atom stereocenters. The topological polar surface area (TPSA) is 75.9 Å². The maximum atomic E-state index is 12.8. The normalized spacial score (nSPS) is 17.6. The Hall–Kier alpha value is -2.48. The van der Waals surface area contributed by atoms with Crippen LogP contribution in [0.2, 0.25) is 0 Å². The lowest BCUT2D eigenvalue weighted by Crippen LogP contribution is -2.39. The van der Waals surface area contributed by atoms with E-state index < -0.39 is 0 Å². The van der Waals surface area contributed by atoms with Crippen LogP contribution >= 0.6 is 11.8 Å².